The SMILES string of the molecule is Nc1cccnc1Oc1cccc(CCNC(=O)O)c1. The number of rotatable bonds is 5. The van der Waals surface area contributed by atoms with E-state index in [4.69, 9.17) is 15.6 Å². The Morgan fingerprint density at radius 3 is 2.95 bits per heavy atom. The Bertz CT molecular complexity index is 602. The first-order chi connectivity index (χ1) is 9.65. The maximum absolute atomic E-state index is 10.4. The van der Waals surface area contributed by atoms with Crippen molar-refractivity contribution in [2.45, 2.75) is 6.42 Å². The third-order valence-electron chi connectivity index (χ3n) is 2.60. The molecule has 1 amide bonds. The number of anilines is 1. The van der Waals surface area contributed by atoms with Crippen LogP contribution in [0.3, 0.4) is 0 Å². The Labute approximate surface area is 116 Å². The summed E-state index contributed by atoms with van der Waals surface area (Å²) in [4.78, 5) is 14.4. The van der Waals surface area contributed by atoms with E-state index in [0.717, 1.165) is 5.56 Å². The molecule has 0 bridgehead atoms. The number of benzene rings is 1. The van der Waals surface area contributed by atoms with E-state index < -0.39 is 6.09 Å². The smallest absolute Gasteiger partial charge is 0.404 e. The van der Waals surface area contributed by atoms with Gasteiger partial charge in [-0.2, -0.15) is 0 Å². The highest BCUT2D eigenvalue weighted by Crippen LogP contribution is 2.24. The minimum absolute atomic E-state index is 0.352. The fourth-order valence-corrected chi connectivity index (χ4v) is 1.68. The molecule has 0 saturated carbocycles. The standard InChI is InChI=1S/C14H15N3O3/c15-12-5-2-7-16-13(12)20-11-4-1-3-10(9-11)6-8-17-14(18)19/h1-5,7,9,17H,6,8,15H2,(H,18,19). The maximum Gasteiger partial charge on any atom is 0.404 e. The molecule has 2 rings (SSSR count). The summed E-state index contributed by atoms with van der Waals surface area (Å²) in [7, 11) is 0. The highest BCUT2D eigenvalue weighted by molar-refractivity contribution is 5.64. The monoisotopic (exact) mass is 273 g/mol. The molecule has 104 valence electrons. The molecule has 6 nitrogen and oxygen atoms in total. The van der Waals surface area contributed by atoms with Crippen LogP contribution in [0.5, 0.6) is 11.6 Å². The number of aromatic nitrogens is 1. The molecule has 0 radical (unpaired) electrons. The zero-order chi connectivity index (χ0) is 14.4. The van der Waals surface area contributed by atoms with Gasteiger partial charge in [-0.15, -0.1) is 0 Å². The van der Waals surface area contributed by atoms with Gasteiger partial charge in [-0.05, 0) is 36.2 Å². The third-order valence-corrected chi connectivity index (χ3v) is 2.60. The van der Waals surface area contributed by atoms with Crippen molar-refractivity contribution in [3.8, 4) is 11.6 Å². The highest BCUT2D eigenvalue weighted by atomic mass is 16.5. The number of hydrogen-bond acceptors (Lipinski definition) is 4. The Kier molecular flexibility index (Phi) is 4.39. The number of carbonyl (C=O) groups is 1. The van der Waals surface area contributed by atoms with Crippen LogP contribution in [0.25, 0.3) is 0 Å². The van der Waals surface area contributed by atoms with Gasteiger partial charge in [0.1, 0.15) is 5.75 Å². The van der Waals surface area contributed by atoms with Crippen LogP contribution in [-0.2, 0) is 6.42 Å². The lowest BCUT2D eigenvalue weighted by Crippen LogP contribution is -2.23. The molecule has 0 aliphatic rings. The molecule has 0 aliphatic heterocycles. The van der Waals surface area contributed by atoms with E-state index in [1.165, 1.54) is 0 Å². The van der Waals surface area contributed by atoms with Crippen LogP contribution in [0.1, 0.15) is 5.56 Å². The van der Waals surface area contributed by atoms with Crippen LogP contribution in [0.4, 0.5) is 10.5 Å². The zero-order valence-electron chi connectivity index (χ0n) is 10.7. The topological polar surface area (TPSA) is 97.5 Å². The number of nitrogens with two attached hydrogens (primary N) is 1. The lowest BCUT2D eigenvalue weighted by atomic mass is 10.1. The molecule has 1 aromatic heterocycles. The van der Waals surface area contributed by atoms with Gasteiger partial charge in [-0.3, -0.25) is 0 Å². The molecule has 4 N–H and O–H groups in total. The molecule has 6 heteroatoms. The normalized spacial score (nSPS) is 10.0. The van der Waals surface area contributed by atoms with Gasteiger partial charge in [0.25, 0.3) is 0 Å². The van der Waals surface area contributed by atoms with Gasteiger partial charge in [-0.25, -0.2) is 9.78 Å². The summed E-state index contributed by atoms with van der Waals surface area (Å²) < 4.78 is 5.60. The first-order valence-corrected chi connectivity index (χ1v) is 6.09. The number of ether oxygens (including phenoxy) is 1. The Balaban J connectivity index is 2.02. The van der Waals surface area contributed by atoms with E-state index in [2.05, 4.69) is 10.3 Å². The average molecular weight is 273 g/mol. The quantitative estimate of drug-likeness (QED) is 0.776. The lowest BCUT2D eigenvalue weighted by Gasteiger charge is -2.08. The minimum Gasteiger partial charge on any atom is -0.465 e. The Morgan fingerprint density at radius 1 is 1.35 bits per heavy atom. The number of nitrogen functional groups attached to an aromatic ring is 1. The van der Waals surface area contributed by atoms with E-state index in [1.807, 2.05) is 18.2 Å². The molecular formula is C14H15N3O3. The van der Waals surface area contributed by atoms with Crippen molar-refractivity contribution >= 4 is 11.8 Å². The molecule has 0 aliphatic carbocycles. The predicted molar refractivity (Wildman–Crippen MR) is 74.9 cm³/mol. The van der Waals surface area contributed by atoms with Gasteiger partial charge < -0.3 is 20.9 Å². The molecule has 1 heterocycles. The number of carboxylic acid groups (broad SMARTS) is 1. The van der Waals surface area contributed by atoms with Crippen molar-refractivity contribution in [2.75, 3.05) is 12.3 Å². The van der Waals surface area contributed by atoms with Crippen molar-refractivity contribution in [1.82, 2.24) is 10.3 Å². The van der Waals surface area contributed by atoms with Crippen LogP contribution >= 0.6 is 0 Å². The van der Waals surface area contributed by atoms with Crippen molar-refractivity contribution in [3.05, 3.63) is 48.2 Å². The molecule has 20 heavy (non-hydrogen) atoms. The average Bonchev–Trinajstić information content (AvgIpc) is 2.41. The molecule has 0 saturated heterocycles. The second-order valence-electron chi connectivity index (χ2n) is 4.13. The molecule has 2 aromatic rings. The molecule has 0 unspecified atom stereocenters. The van der Waals surface area contributed by atoms with Crippen molar-refractivity contribution in [3.63, 3.8) is 0 Å². The first-order valence-electron chi connectivity index (χ1n) is 6.09. The Hall–Kier alpha value is -2.76. The maximum atomic E-state index is 10.4. The second kappa shape index (κ2) is 6.42. The summed E-state index contributed by atoms with van der Waals surface area (Å²) in [5.74, 6) is 0.969. The molecule has 0 fully saturated rings. The van der Waals surface area contributed by atoms with Crippen LogP contribution in [0, 0.1) is 0 Å². The summed E-state index contributed by atoms with van der Waals surface area (Å²) >= 11 is 0. The van der Waals surface area contributed by atoms with E-state index in [9.17, 15) is 4.79 Å². The second-order valence-corrected chi connectivity index (χ2v) is 4.13. The fourth-order valence-electron chi connectivity index (χ4n) is 1.68. The van der Waals surface area contributed by atoms with E-state index >= 15 is 0 Å². The summed E-state index contributed by atoms with van der Waals surface area (Å²) in [6, 6.07) is 10.8. The Morgan fingerprint density at radius 2 is 2.20 bits per heavy atom. The van der Waals surface area contributed by atoms with Crippen LogP contribution in [0.15, 0.2) is 42.6 Å². The fraction of sp³-hybridized carbons (Fsp3) is 0.143. The van der Waals surface area contributed by atoms with Gasteiger partial charge in [-0.1, -0.05) is 12.1 Å². The summed E-state index contributed by atoms with van der Waals surface area (Å²) in [5, 5.41) is 10.8. The summed E-state index contributed by atoms with van der Waals surface area (Å²) in [6.07, 6.45) is 1.16. The van der Waals surface area contributed by atoms with E-state index in [0.29, 0.717) is 30.3 Å². The number of hydrogen-bond donors (Lipinski definition) is 3. The van der Waals surface area contributed by atoms with Crippen LogP contribution in [0.2, 0.25) is 0 Å². The highest BCUT2D eigenvalue weighted by Gasteiger charge is 2.04. The van der Waals surface area contributed by atoms with Gasteiger partial charge in [0, 0.05) is 12.7 Å². The summed E-state index contributed by atoms with van der Waals surface area (Å²) in [5.41, 5.74) is 7.18. The van der Waals surface area contributed by atoms with E-state index in [1.54, 1.807) is 24.4 Å². The lowest BCUT2D eigenvalue weighted by molar-refractivity contribution is 0.194. The minimum atomic E-state index is -1.03. The molecule has 0 atom stereocenters. The number of nitrogens with zero attached hydrogens (tertiary/aromatic N) is 1. The van der Waals surface area contributed by atoms with Crippen molar-refractivity contribution in [2.24, 2.45) is 0 Å². The van der Waals surface area contributed by atoms with Crippen molar-refractivity contribution in [1.29, 1.82) is 0 Å². The van der Waals surface area contributed by atoms with Gasteiger partial charge in [0.05, 0.1) is 5.69 Å². The molecule has 1 aromatic carbocycles. The van der Waals surface area contributed by atoms with Crippen molar-refractivity contribution < 1.29 is 14.6 Å². The van der Waals surface area contributed by atoms with Gasteiger partial charge >= 0.3 is 6.09 Å². The van der Waals surface area contributed by atoms with Crippen LogP contribution in [-0.4, -0.2) is 22.7 Å². The number of pyridine rings is 1. The van der Waals surface area contributed by atoms with Gasteiger partial charge in [0.15, 0.2) is 0 Å². The van der Waals surface area contributed by atoms with Crippen LogP contribution < -0.4 is 15.8 Å². The molecular weight excluding hydrogens is 258 g/mol. The molecule has 0 spiro atoms. The number of nitrogens with one attached hydrogen (secondary N) is 1. The van der Waals surface area contributed by atoms with E-state index in [-0.39, 0.29) is 0 Å². The predicted octanol–water partition coefficient (Wildman–Crippen LogP) is 2.27. The third kappa shape index (κ3) is 3.88. The zero-order valence-corrected chi connectivity index (χ0v) is 10.7. The summed E-state index contributed by atoms with van der Waals surface area (Å²) in [6.45, 7) is 0.352. The first kappa shape index (κ1) is 13.7. The largest absolute Gasteiger partial charge is 0.465 e. The number of amides is 1. The van der Waals surface area contributed by atoms with Gasteiger partial charge in [0.2, 0.25) is 5.88 Å².